The van der Waals surface area contributed by atoms with Gasteiger partial charge in [0.25, 0.3) is 5.91 Å². The van der Waals surface area contributed by atoms with Gasteiger partial charge in [0.15, 0.2) is 0 Å². The van der Waals surface area contributed by atoms with Crippen LogP contribution >= 0.6 is 0 Å². The van der Waals surface area contributed by atoms with Crippen LogP contribution in [-0.4, -0.2) is 59.4 Å². The summed E-state index contributed by atoms with van der Waals surface area (Å²) in [5.41, 5.74) is 4.01. The molecular formula is C25H26F2N2O6. The first-order chi connectivity index (χ1) is 16.7. The van der Waals surface area contributed by atoms with Crippen LogP contribution in [0.3, 0.4) is 0 Å². The minimum Gasteiger partial charge on any atom is -0.481 e. The van der Waals surface area contributed by atoms with Gasteiger partial charge >= 0.3 is 18.0 Å². The Morgan fingerprint density at radius 2 is 1.60 bits per heavy atom. The number of carbonyl (C=O) groups excluding carboxylic acids is 2. The van der Waals surface area contributed by atoms with E-state index in [2.05, 4.69) is 5.32 Å². The second-order valence-electron chi connectivity index (χ2n) is 8.87. The maximum Gasteiger partial charge on any atom is 0.407 e. The van der Waals surface area contributed by atoms with Gasteiger partial charge in [-0.3, -0.25) is 9.59 Å². The molecule has 2 atom stereocenters. The Hall–Kier alpha value is -3.53. The average Bonchev–Trinajstić information content (AvgIpc) is 3.61. The van der Waals surface area contributed by atoms with Gasteiger partial charge in [0.2, 0.25) is 0 Å². The number of hydrogen-bond acceptors (Lipinski definition) is 5. The molecule has 0 aromatic heterocycles. The zero-order valence-corrected chi connectivity index (χ0v) is 18.7. The van der Waals surface area contributed by atoms with E-state index in [1.807, 2.05) is 53.8 Å². The molecule has 0 aliphatic heterocycles. The SMILES string of the molecule is O=C(O)CC(O)CNC(=O)C(F)(F)C(NC(=O)OCC1c2ccccc2-c2ccccc21)C1CC1. The van der Waals surface area contributed by atoms with Gasteiger partial charge in [0.1, 0.15) is 12.6 Å². The van der Waals surface area contributed by atoms with E-state index in [4.69, 9.17) is 9.84 Å². The number of nitrogens with one attached hydrogen (secondary N) is 2. The molecule has 2 amide bonds. The third-order valence-electron chi connectivity index (χ3n) is 6.31. The van der Waals surface area contributed by atoms with Crippen molar-refractivity contribution >= 4 is 18.0 Å². The molecule has 10 heteroatoms. The fraction of sp³-hybridized carbons (Fsp3) is 0.400. The predicted octanol–water partition coefficient (Wildman–Crippen LogP) is 2.89. The highest BCUT2D eigenvalue weighted by Gasteiger charge is 2.54. The number of carboxylic acids is 1. The summed E-state index contributed by atoms with van der Waals surface area (Å²) in [6.45, 7) is -0.709. The minimum atomic E-state index is -3.98. The number of fused-ring (bicyclic) bond motifs is 3. The maximum atomic E-state index is 14.9. The highest BCUT2D eigenvalue weighted by molar-refractivity contribution is 5.85. The molecule has 2 aromatic rings. The van der Waals surface area contributed by atoms with Crippen molar-refractivity contribution in [3.8, 4) is 11.1 Å². The number of aliphatic hydroxyl groups excluding tert-OH is 1. The molecule has 4 N–H and O–H groups in total. The second kappa shape index (κ2) is 9.99. The number of aliphatic carboxylic acids is 1. The Kier molecular flexibility index (Phi) is 7.02. The summed E-state index contributed by atoms with van der Waals surface area (Å²) in [5.74, 6) is -7.84. The zero-order valence-electron chi connectivity index (χ0n) is 18.7. The molecule has 1 saturated carbocycles. The fourth-order valence-corrected chi connectivity index (χ4v) is 4.44. The van der Waals surface area contributed by atoms with E-state index < -0.39 is 54.9 Å². The Morgan fingerprint density at radius 3 is 2.14 bits per heavy atom. The number of carbonyl (C=O) groups is 3. The van der Waals surface area contributed by atoms with E-state index in [1.165, 1.54) is 0 Å². The minimum absolute atomic E-state index is 0.0591. The summed E-state index contributed by atoms with van der Waals surface area (Å²) in [7, 11) is 0. The van der Waals surface area contributed by atoms with Crippen LogP contribution in [0.5, 0.6) is 0 Å². The summed E-state index contributed by atoms with van der Waals surface area (Å²) in [6, 6.07) is 13.6. The maximum absolute atomic E-state index is 14.9. The Labute approximate surface area is 200 Å². The van der Waals surface area contributed by atoms with E-state index in [0.717, 1.165) is 22.3 Å². The van der Waals surface area contributed by atoms with Crippen molar-refractivity contribution < 1.29 is 38.1 Å². The van der Waals surface area contributed by atoms with Crippen molar-refractivity contribution in [1.29, 1.82) is 0 Å². The van der Waals surface area contributed by atoms with Crippen molar-refractivity contribution in [3.63, 3.8) is 0 Å². The predicted molar refractivity (Wildman–Crippen MR) is 121 cm³/mol. The molecule has 0 bridgehead atoms. The topological polar surface area (TPSA) is 125 Å². The molecule has 0 radical (unpaired) electrons. The normalized spacial score (nSPS) is 16.5. The van der Waals surface area contributed by atoms with Gasteiger partial charge in [0.05, 0.1) is 12.5 Å². The fourth-order valence-electron chi connectivity index (χ4n) is 4.44. The molecule has 0 spiro atoms. The standard InChI is InChI=1S/C25H26F2N2O6/c26-25(27,23(33)28-12-15(30)11-21(31)32)22(14-9-10-14)29-24(34)35-13-20-18-7-3-1-5-16(18)17-6-2-4-8-19(17)20/h1-8,14-15,20,22,30H,9-13H2,(H,28,33)(H,29,34)(H,31,32). The molecule has 186 valence electrons. The van der Waals surface area contributed by atoms with Gasteiger partial charge in [-0.25, -0.2) is 4.79 Å². The summed E-state index contributed by atoms with van der Waals surface area (Å²) in [5, 5.41) is 22.2. The van der Waals surface area contributed by atoms with Crippen LogP contribution in [-0.2, 0) is 14.3 Å². The van der Waals surface area contributed by atoms with Crippen molar-refractivity contribution in [2.45, 2.75) is 43.2 Å². The second-order valence-corrected chi connectivity index (χ2v) is 8.87. The number of ether oxygens (including phenoxy) is 1. The highest BCUT2D eigenvalue weighted by Crippen LogP contribution is 2.44. The lowest BCUT2D eigenvalue weighted by Crippen LogP contribution is -2.57. The van der Waals surface area contributed by atoms with Gasteiger partial charge in [-0.05, 0) is 41.0 Å². The van der Waals surface area contributed by atoms with Crippen LogP contribution in [0.15, 0.2) is 48.5 Å². The third-order valence-corrected chi connectivity index (χ3v) is 6.31. The van der Waals surface area contributed by atoms with Gasteiger partial charge in [-0.15, -0.1) is 0 Å². The molecule has 35 heavy (non-hydrogen) atoms. The lowest BCUT2D eigenvalue weighted by atomic mass is 9.98. The number of amides is 2. The summed E-state index contributed by atoms with van der Waals surface area (Å²) in [6.07, 6.45) is -2.43. The number of halogens is 2. The van der Waals surface area contributed by atoms with Gasteiger partial charge < -0.3 is 25.6 Å². The van der Waals surface area contributed by atoms with E-state index in [-0.39, 0.29) is 12.5 Å². The molecular weight excluding hydrogens is 462 g/mol. The Morgan fingerprint density at radius 1 is 1.03 bits per heavy atom. The number of benzene rings is 2. The molecule has 2 aliphatic rings. The van der Waals surface area contributed by atoms with Crippen LogP contribution in [0.25, 0.3) is 11.1 Å². The molecule has 2 aromatic carbocycles. The molecule has 2 aliphatic carbocycles. The number of hydrogen-bond donors (Lipinski definition) is 4. The smallest absolute Gasteiger partial charge is 0.407 e. The quantitative estimate of drug-likeness (QED) is 0.408. The van der Waals surface area contributed by atoms with Gasteiger partial charge in [-0.1, -0.05) is 48.5 Å². The number of rotatable bonds is 10. The molecule has 2 unspecified atom stereocenters. The number of alkyl carbamates (subject to hydrolysis) is 1. The van der Waals surface area contributed by atoms with E-state index in [0.29, 0.717) is 12.8 Å². The first-order valence-electron chi connectivity index (χ1n) is 11.4. The number of aliphatic hydroxyl groups is 1. The average molecular weight is 488 g/mol. The van der Waals surface area contributed by atoms with Crippen molar-refractivity contribution in [2.75, 3.05) is 13.2 Å². The van der Waals surface area contributed by atoms with E-state index >= 15 is 0 Å². The van der Waals surface area contributed by atoms with Crippen LogP contribution < -0.4 is 10.6 Å². The zero-order chi connectivity index (χ0) is 25.2. The van der Waals surface area contributed by atoms with Crippen LogP contribution in [0.1, 0.15) is 36.3 Å². The van der Waals surface area contributed by atoms with Gasteiger partial charge in [0, 0.05) is 12.5 Å². The van der Waals surface area contributed by atoms with E-state index in [9.17, 15) is 28.3 Å². The van der Waals surface area contributed by atoms with Crippen molar-refractivity contribution in [3.05, 3.63) is 59.7 Å². The van der Waals surface area contributed by atoms with Crippen molar-refractivity contribution in [2.24, 2.45) is 5.92 Å². The highest BCUT2D eigenvalue weighted by atomic mass is 19.3. The molecule has 8 nitrogen and oxygen atoms in total. The molecule has 1 fully saturated rings. The number of alkyl halides is 2. The third kappa shape index (κ3) is 5.43. The van der Waals surface area contributed by atoms with E-state index in [1.54, 1.807) is 0 Å². The Balaban J connectivity index is 1.38. The lowest BCUT2D eigenvalue weighted by molar-refractivity contribution is -0.151. The first kappa shape index (κ1) is 24.6. The summed E-state index contributed by atoms with van der Waals surface area (Å²) in [4.78, 5) is 35.2. The molecule has 0 heterocycles. The van der Waals surface area contributed by atoms with Crippen LogP contribution in [0, 0.1) is 5.92 Å². The van der Waals surface area contributed by atoms with Crippen molar-refractivity contribution in [1.82, 2.24) is 10.6 Å². The molecule has 4 rings (SSSR count). The molecule has 0 saturated heterocycles. The summed E-state index contributed by atoms with van der Waals surface area (Å²) < 4.78 is 35.1. The monoisotopic (exact) mass is 488 g/mol. The van der Waals surface area contributed by atoms with Crippen LogP contribution in [0.4, 0.5) is 13.6 Å². The van der Waals surface area contributed by atoms with Crippen LogP contribution in [0.2, 0.25) is 0 Å². The summed E-state index contributed by atoms with van der Waals surface area (Å²) >= 11 is 0. The largest absolute Gasteiger partial charge is 0.481 e. The Bertz CT molecular complexity index is 1080. The number of carboxylic acid groups (broad SMARTS) is 1. The van der Waals surface area contributed by atoms with Gasteiger partial charge in [-0.2, -0.15) is 8.78 Å². The lowest BCUT2D eigenvalue weighted by Gasteiger charge is -2.27. The first-order valence-corrected chi connectivity index (χ1v) is 11.4.